The molecule has 0 aliphatic heterocycles. The third-order valence-electron chi connectivity index (χ3n) is 5.22. The van der Waals surface area contributed by atoms with Gasteiger partial charge in [0, 0.05) is 5.56 Å². The van der Waals surface area contributed by atoms with Crippen LogP contribution in [0.1, 0.15) is 36.0 Å². The van der Waals surface area contributed by atoms with Crippen LogP contribution in [0.15, 0.2) is 22.6 Å². The van der Waals surface area contributed by atoms with Gasteiger partial charge in [-0.25, -0.2) is 0 Å². The molecule has 8 nitrogen and oxygen atoms in total. The molecule has 136 valence electrons. The monoisotopic (exact) mass is 374 g/mol. The quantitative estimate of drug-likeness (QED) is 0.460. The van der Waals surface area contributed by atoms with Crippen LogP contribution in [0, 0.1) is 10.3 Å². The van der Waals surface area contributed by atoms with Crippen molar-refractivity contribution < 1.29 is 18.8 Å². The van der Waals surface area contributed by atoms with Gasteiger partial charge in [-0.1, -0.05) is 6.42 Å². The molecule has 0 bridgehead atoms. The van der Waals surface area contributed by atoms with Crippen molar-refractivity contribution in [3.05, 3.63) is 28.6 Å². The number of aromatic nitrogens is 1. The summed E-state index contributed by atoms with van der Waals surface area (Å²) in [6, 6.07) is 4.66. The van der Waals surface area contributed by atoms with Crippen molar-refractivity contribution in [3.63, 3.8) is 0 Å². The zero-order chi connectivity index (χ0) is 18.5. The number of H-pyrrole nitrogens is 1. The summed E-state index contributed by atoms with van der Waals surface area (Å²) < 4.78 is 5.27. The van der Waals surface area contributed by atoms with Crippen molar-refractivity contribution in [1.29, 1.82) is 0 Å². The summed E-state index contributed by atoms with van der Waals surface area (Å²) in [4.78, 5) is 39.4. The molecule has 1 aromatic heterocycles. The highest BCUT2D eigenvalue weighted by atomic mass is 32.1. The predicted molar refractivity (Wildman–Crippen MR) is 94.7 cm³/mol. The molecule has 26 heavy (non-hydrogen) atoms. The summed E-state index contributed by atoms with van der Waals surface area (Å²) in [5.41, 5.74) is 6.01. The maximum Gasteiger partial charge on any atom is 0.266 e. The highest BCUT2D eigenvalue weighted by molar-refractivity contribution is 7.71. The number of nitrogens with two attached hydrogens (primary N) is 1. The third kappa shape index (κ3) is 2.78. The second-order valence-electron chi connectivity index (χ2n) is 6.92. The van der Waals surface area contributed by atoms with E-state index < -0.39 is 11.3 Å². The topological polar surface area (TPSA) is 130 Å². The fourth-order valence-corrected chi connectivity index (χ4v) is 3.48. The fourth-order valence-electron chi connectivity index (χ4n) is 3.28. The minimum absolute atomic E-state index is 0.157. The van der Waals surface area contributed by atoms with Gasteiger partial charge < -0.3 is 25.8 Å². The Morgan fingerprint density at radius 3 is 2.62 bits per heavy atom. The molecule has 2 saturated carbocycles. The molecule has 0 radical (unpaired) electrons. The van der Waals surface area contributed by atoms with E-state index in [2.05, 4.69) is 15.6 Å². The van der Waals surface area contributed by atoms with Gasteiger partial charge in [-0.05, 0) is 49.7 Å². The Balaban J connectivity index is 1.36. The molecular weight excluding hydrogens is 356 g/mol. The summed E-state index contributed by atoms with van der Waals surface area (Å²) in [5, 5.41) is 5.70. The molecule has 3 amide bonds. The van der Waals surface area contributed by atoms with Crippen molar-refractivity contribution >= 4 is 41.0 Å². The average molecular weight is 374 g/mol. The van der Waals surface area contributed by atoms with Crippen molar-refractivity contribution in [2.24, 2.45) is 11.1 Å². The van der Waals surface area contributed by atoms with E-state index in [1.165, 1.54) is 0 Å². The first-order chi connectivity index (χ1) is 12.4. The number of aromatic amines is 1. The second kappa shape index (κ2) is 5.94. The van der Waals surface area contributed by atoms with Crippen molar-refractivity contribution in [2.45, 2.75) is 37.8 Å². The van der Waals surface area contributed by atoms with Crippen molar-refractivity contribution in [3.8, 4) is 0 Å². The van der Waals surface area contributed by atoms with Gasteiger partial charge in [-0.15, -0.1) is 0 Å². The van der Waals surface area contributed by atoms with Crippen LogP contribution in [0.3, 0.4) is 0 Å². The van der Waals surface area contributed by atoms with Crippen LogP contribution < -0.4 is 16.4 Å². The Hall–Kier alpha value is -2.68. The van der Waals surface area contributed by atoms with E-state index in [0.29, 0.717) is 35.9 Å². The van der Waals surface area contributed by atoms with Crippen LogP contribution in [0.25, 0.3) is 11.1 Å². The van der Waals surface area contributed by atoms with E-state index >= 15 is 0 Å². The summed E-state index contributed by atoms with van der Waals surface area (Å²) in [6.07, 6.45) is 2.43. The molecule has 0 unspecified atom stereocenters. The third-order valence-corrected chi connectivity index (χ3v) is 5.40. The van der Waals surface area contributed by atoms with Crippen LogP contribution in [-0.4, -0.2) is 34.8 Å². The number of oxazole rings is 1. The lowest BCUT2D eigenvalue weighted by Gasteiger charge is -2.37. The number of fused-ring (bicyclic) bond motifs is 1. The summed E-state index contributed by atoms with van der Waals surface area (Å²) in [5.74, 6) is -1.15. The van der Waals surface area contributed by atoms with Crippen LogP contribution in [0.2, 0.25) is 0 Å². The van der Waals surface area contributed by atoms with Gasteiger partial charge in [0.1, 0.15) is 5.41 Å². The Kier molecular flexibility index (Phi) is 3.83. The first-order valence-corrected chi connectivity index (χ1v) is 8.84. The van der Waals surface area contributed by atoms with Gasteiger partial charge in [-0.3, -0.25) is 14.4 Å². The number of amides is 3. The molecule has 0 spiro atoms. The smallest absolute Gasteiger partial charge is 0.266 e. The molecule has 2 aliphatic carbocycles. The molecule has 2 atom stereocenters. The van der Waals surface area contributed by atoms with Gasteiger partial charge >= 0.3 is 0 Å². The molecular formula is C17H18N4O4S. The maximum absolute atomic E-state index is 12.4. The van der Waals surface area contributed by atoms with Gasteiger partial charge in [-0.2, -0.15) is 0 Å². The summed E-state index contributed by atoms with van der Waals surface area (Å²) >= 11 is 4.92. The predicted octanol–water partition coefficient (Wildman–Crippen LogP) is 1.13. The van der Waals surface area contributed by atoms with Crippen LogP contribution in [-0.2, 0) is 9.59 Å². The average Bonchev–Trinajstić information content (AvgIpc) is 3.12. The van der Waals surface area contributed by atoms with E-state index in [0.717, 1.165) is 6.42 Å². The summed E-state index contributed by atoms with van der Waals surface area (Å²) in [7, 11) is 0. The largest absolute Gasteiger partial charge is 0.429 e. The summed E-state index contributed by atoms with van der Waals surface area (Å²) in [6.45, 7) is 0. The van der Waals surface area contributed by atoms with E-state index in [4.69, 9.17) is 22.4 Å². The van der Waals surface area contributed by atoms with Crippen LogP contribution in [0.5, 0.6) is 0 Å². The minimum Gasteiger partial charge on any atom is -0.429 e. The Morgan fingerprint density at radius 1 is 1.23 bits per heavy atom. The van der Waals surface area contributed by atoms with Gasteiger partial charge in [0.15, 0.2) is 5.58 Å². The standard InChI is InChI=1S/C17H18N4O4S/c18-14(23)17(4-1-5-17)15(24)20-10-7-9(10)19-13(22)8-2-3-12-11(6-8)21-16(26)25-12/h2-3,6,9-10H,1,4-5,7H2,(H2,18,23)(H,19,22)(H,20,24)(H,21,26)/t9-,10-/m1/s1. The van der Waals surface area contributed by atoms with E-state index in [9.17, 15) is 14.4 Å². The number of benzene rings is 1. The molecule has 5 N–H and O–H groups in total. The highest BCUT2D eigenvalue weighted by Gasteiger charge is 2.52. The first-order valence-electron chi connectivity index (χ1n) is 8.44. The first kappa shape index (κ1) is 16.8. The molecule has 2 aromatic rings. The number of rotatable bonds is 5. The number of hydrogen-bond donors (Lipinski definition) is 4. The Morgan fingerprint density at radius 2 is 1.96 bits per heavy atom. The number of carbonyl (C=O) groups is 3. The minimum atomic E-state index is -1.07. The lowest BCUT2D eigenvalue weighted by molar-refractivity contribution is -0.147. The molecule has 2 aliphatic rings. The van der Waals surface area contributed by atoms with Gasteiger partial charge in [0.25, 0.3) is 10.7 Å². The molecule has 1 heterocycles. The zero-order valence-electron chi connectivity index (χ0n) is 13.8. The zero-order valence-corrected chi connectivity index (χ0v) is 14.7. The second-order valence-corrected chi connectivity index (χ2v) is 7.29. The molecule has 0 saturated heterocycles. The highest BCUT2D eigenvalue weighted by Crippen LogP contribution is 2.41. The maximum atomic E-state index is 12.4. The SMILES string of the molecule is NC(=O)C1(C(=O)N[C@@H]2C[C@H]2NC(=O)c2ccc3oc(=S)[nH]c3c2)CCC1. The van der Waals surface area contributed by atoms with Crippen LogP contribution in [0.4, 0.5) is 0 Å². The molecule has 2 fully saturated rings. The number of nitrogens with one attached hydrogen (secondary N) is 3. The normalized spacial score (nSPS) is 23.1. The van der Waals surface area contributed by atoms with E-state index in [1.54, 1.807) is 18.2 Å². The number of carbonyl (C=O) groups excluding carboxylic acids is 3. The fraction of sp³-hybridized carbons (Fsp3) is 0.412. The molecule has 9 heteroatoms. The lowest BCUT2D eigenvalue weighted by atomic mass is 9.67. The Bertz CT molecular complexity index is 975. The van der Waals surface area contributed by atoms with E-state index in [1.807, 2.05) is 0 Å². The number of hydrogen-bond acceptors (Lipinski definition) is 5. The molecule has 1 aromatic carbocycles. The molecule has 4 rings (SSSR count). The van der Waals surface area contributed by atoms with Crippen molar-refractivity contribution in [2.75, 3.05) is 0 Å². The van der Waals surface area contributed by atoms with Gasteiger partial charge in [0.2, 0.25) is 11.8 Å². The van der Waals surface area contributed by atoms with E-state index in [-0.39, 0.29) is 28.7 Å². The number of primary amides is 1. The van der Waals surface area contributed by atoms with Gasteiger partial charge in [0.05, 0.1) is 17.6 Å². The Labute approximate surface area is 153 Å². The lowest BCUT2D eigenvalue weighted by Crippen LogP contribution is -2.54. The van der Waals surface area contributed by atoms with Crippen molar-refractivity contribution in [1.82, 2.24) is 15.6 Å². The van der Waals surface area contributed by atoms with Crippen LogP contribution >= 0.6 is 12.2 Å².